The molecule has 1 aromatic carbocycles. The summed E-state index contributed by atoms with van der Waals surface area (Å²) < 4.78 is 4.95. The van der Waals surface area contributed by atoms with Crippen molar-refractivity contribution in [2.75, 3.05) is 26.1 Å². The Labute approximate surface area is 127 Å². The van der Waals surface area contributed by atoms with E-state index in [1.807, 2.05) is 0 Å². The van der Waals surface area contributed by atoms with Crippen molar-refractivity contribution < 1.29 is 14.4 Å². The molecule has 0 saturated heterocycles. The normalized spacial score (nSPS) is 19.3. The van der Waals surface area contributed by atoms with Crippen LogP contribution >= 0.6 is 23.2 Å². The lowest BCUT2D eigenvalue weighted by atomic mass is 10.3. The Bertz CT molecular complexity index is 479. The number of rotatable bonds is 5. The molecular formula is C13H16Cl2N2O3. The van der Waals surface area contributed by atoms with Gasteiger partial charge in [0, 0.05) is 18.7 Å². The molecule has 1 N–H and O–H groups in total. The number of benzene rings is 1. The van der Waals surface area contributed by atoms with Crippen LogP contribution in [0.25, 0.3) is 0 Å². The highest BCUT2D eigenvalue weighted by Gasteiger charge is 2.52. The first-order chi connectivity index (χ1) is 9.42. The number of hydrogen-bond donors (Lipinski definition) is 1. The molecule has 1 atom stereocenters. The summed E-state index contributed by atoms with van der Waals surface area (Å²) in [4.78, 5) is 16.3. The third-order valence-electron chi connectivity index (χ3n) is 3.07. The average Bonchev–Trinajstić information content (AvgIpc) is 3.04. The van der Waals surface area contributed by atoms with Crippen molar-refractivity contribution in [1.82, 2.24) is 5.06 Å². The highest BCUT2D eigenvalue weighted by molar-refractivity contribution is 6.50. The highest BCUT2D eigenvalue weighted by Crippen LogP contribution is 2.53. The Morgan fingerprint density at radius 2 is 2.05 bits per heavy atom. The third-order valence-corrected chi connectivity index (χ3v) is 4.00. The molecule has 0 aromatic heterocycles. The quantitative estimate of drug-likeness (QED) is 0.669. The Morgan fingerprint density at radius 3 is 2.55 bits per heavy atom. The van der Waals surface area contributed by atoms with Gasteiger partial charge in [-0.05, 0) is 30.7 Å². The van der Waals surface area contributed by atoms with E-state index in [1.165, 1.54) is 14.2 Å². The van der Waals surface area contributed by atoms with Crippen LogP contribution in [0.3, 0.4) is 0 Å². The van der Waals surface area contributed by atoms with Gasteiger partial charge in [-0.2, -0.15) is 0 Å². The van der Waals surface area contributed by atoms with Crippen molar-refractivity contribution in [2.24, 2.45) is 5.92 Å². The van der Waals surface area contributed by atoms with Crippen LogP contribution in [0.2, 0.25) is 0 Å². The molecule has 7 heteroatoms. The summed E-state index contributed by atoms with van der Waals surface area (Å²) in [6.07, 6.45) is 0.758. The highest BCUT2D eigenvalue weighted by atomic mass is 35.5. The van der Waals surface area contributed by atoms with Crippen LogP contribution in [0.1, 0.15) is 6.42 Å². The van der Waals surface area contributed by atoms with Crippen molar-refractivity contribution in [3.8, 4) is 5.75 Å². The van der Waals surface area contributed by atoms with E-state index in [-0.39, 0.29) is 11.9 Å². The van der Waals surface area contributed by atoms with E-state index < -0.39 is 4.33 Å². The van der Waals surface area contributed by atoms with Crippen LogP contribution in [0.5, 0.6) is 5.75 Å². The fraction of sp³-hybridized carbons (Fsp3) is 0.462. The van der Waals surface area contributed by atoms with Crippen LogP contribution < -0.4 is 10.1 Å². The van der Waals surface area contributed by atoms with E-state index in [9.17, 15) is 4.79 Å². The zero-order valence-corrected chi connectivity index (χ0v) is 12.7. The Morgan fingerprint density at radius 1 is 1.45 bits per heavy atom. The lowest BCUT2D eigenvalue weighted by molar-refractivity contribution is -0.0598. The van der Waals surface area contributed by atoms with E-state index in [0.717, 1.165) is 11.5 Å². The van der Waals surface area contributed by atoms with Crippen molar-refractivity contribution in [3.63, 3.8) is 0 Å². The fourth-order valence-electron chi connectivity index (χ4n) is 1.57. The molecule has 2 rings (SSSR count). The van der Waals surface area contributed by atoms with Crippen LogP contribution in [0.15, 0.2) is 24.3 Å². The van der Waals surface area contributed by atoms with E-state index in [0.29, 0.717) is 18.0 Å². The molecule has 1 aromatic rings. The lowest BCUT2D eigenvalue weighted by Gasteiger charge is -2.14. The predicted molar refractivity (Wildman–Crippen MR) is 78.3 cm³/mol. The molecule has 1 saturated carbocycles. The van der Waals surface area contributed by atoms with Crippen LogP contribution in [0.4, 0.5) is 10.5 Å². The molecule has 0 radical (unpaired) electrons. The van der Waals surface area contributed by atoms with Gasteiger partial charge >= 0.3 is 6.03 Å². The number of amides is 2. The number of ether oxygens (including phenoxy) is 1. The van der Waals surface area contributed by atoms with Gasteiger partial charge in [-0.1, -0.05) is 0 Å². The van der Waals surface area contributed by atoms with Crippen molar-refractivity contribution in [3.05, 3.63) is 24.3 Å². The monoisotopic (exact) mass is 318 g/mol. The SMILES string of the molecule is CON(C)C(=O)Nc1ccc(OCC2CC2(Cl)Cl)cc1. The fourth-order valence-corrected chi connectivity index (χ4v) is 2.07. The largest absolute Gasteiger partial charge is 0.493 e. The summed E-state index contributed by atoms with van der Waals surface area (Å²) in [5, 5.41) is 3.77. The smallest absolute Gasteiger partial charge is 0.345 e. The summed E-state index contributed by atoms with van der Waals surface area (Å²) in [6, 6.07) is 6.69. The molecule has 110 valence electrons. The van der Waals surface area contributed by atoms with Gasteiger partial charge in [0.2, 0.25) is 0 Å². The van der Waals surface area contributed by atoms with E-state index in [2.05, 4.69) is 5.32 Å². The minimum absolute atomic E-state index is 0.181. The summed E-state index contributed by atoms with van der Waals surface area (Å²) in [5.74, 6) is 0.889. The van der Waals surface area contributed by atoms with Gasteiger partial charge in [-0.25, -0.2) is 9.86 Å². The first-order valence-electron chi connectivity index (χ1n) is 6.12. The van der Waals surface area contributed by atoms with Gasteiger partial charge in [0.25, 0.3) is 0 Å². The van der Waals surface area contributed by atoms with Gasteiger partial charge in [0.05, 0.1) is 13.7 Å². The number of halogens is 2. The standard InChI is InChI=1S/C13H16Cl2N2O3/c1-17(19-2)12(18)16-10-3-5-11(6-4-10)20-8-9-7-13(9,14)15/h3-6,9H,7-8H2,1-2H3,(H,16,18). The van der Waals surface area contributed by atoms with Crippen LogP contribution in [-0.4, -0.2) is 36.2 Å². The maximum absolute atomic E-state index is 11.6. The Balaban J connectivity index is 1.82. The minimum atomic E-state index is -0.626. The van der Waals surface area contributed by atoms with Crippen molar-refractivity contribution >= 4 is 34.9 Å². The second kappa shape index (κ2) is 6.08. The second-order valence-electron chi connectivity index (χ2n) is 4.61. The zero-order chi connectivity index (χ0) is 14.8. The summed E-state index contributed by atoms with van der Waals surface area (Å²) in [7, 11) is 2.94. The van der Waals surface area contributed by atoms with Crippen LogP contribution in [0, 0.1) is 5.92 Å². The topological polar surface area (TPSA) is 50.8 Å². The Hall–Kier alpha value is -1.17. The zero-order valence-electron chi connectivity index (χ0n) is 11.2. The minimum Gasteiger partial charge on any atom is -0.493 e. The molecule has 0 spiro atoms. The van der Waals surface area contributed by atoms with Crippen LogP contribution in [-0.2, 0) is 4.84 Å². The summed E-state index contributed by atoms with van der Waals surface area (Å²) in [5.41, 5.74) is 0.654. The average molecular weight is 319 g/mol. The molecule has 1 aliphatic rings. The number of alkyl halides is 2. The Kier molecular flexibility index (Phi) is 4.62. The van der Waals surface area contributed by atoms with Crippen molar-refractivity contribution in [2.45, 2.75) is 10.8 Å². The van der Waals surface area contributed by atoms with E-state index in [1.54, 1.807) is 24.3 Å². The van der Waals surface area contributed by atoms with Gasteiger partial charge in [0.15, 0.2) is 0 Å². The lowest BCUT2D eigenvalue weighted by Crippen LogP contribution is -2.30. The molecule has 5 nitrogen and oxygen atoms in total. The predicted octanol–water partition coefficient (Wildman–Crippen LogP) is 3.28. The maximum Gasteiger partial charge on any atom is 0.345 e. The van der Waals surface area contributed by atoms with Crippen molar-refractivity contribution in [1.29, 1.82) is 0 Å². The number of hydrogen-bond acceptors (Lipinski definition) is 3. The molecule has 2 amide bonds. The number of nitrogens with zero attached hydrogens (tertiary/aromatic N) is 1. The van der Waals surface area contributed by atoms with E-state index >= 15 is 0 Å². The first-order valence-corrected chi connectivity index (χ1v) is 6.87. The van der Waals surface area contributed by atoms with Gasteiger partial charge in [-0.15, -0.1) is 23.2 Å². The number of anilines is 1. The number of hydroxylamine groups is 2. The molecule has 0 bridgehead atoms. The molecule has 0 aliphatic heterocycles. The molecular weight excluding hydrogens is 303 g/mol. The van der Waals surface area contributed by atoms with E-state index in [4.69, 9.17) is 32.8 Å². The maximum atomic E-state index is 11.6. The molecule has 0 heterocycles. The number of urea groups is 1. The van der Waals surface area contributed by atoms with Gasteiger partial charge in [-0.3, -0.25) is 4.84 Å². The molecule has 1 aliphatic carbocycles. The third kappa shape index (κ3) is 3.91. The number of carbonyl (C=O) groups excluding carboxylic acids is 1. The van der Waals surface area contributed by atoms with Gasteiger partial charge in [0.1, 0.15) is 10.1 Å². The molecule has 1 fully saturated rings. The molecule has 20 heavy (non-hydrogen) atoms. The van der Waals surface area contributed by atoms with Gasteiger partial charge < -0.3 is 10.1 Å². The second-order valence-corrected chi connectivity index (χ2v) is 6.15. The first kappa shape index (κ1) is 15.2. The number of carbonyl (C=O) groups is 1. The summed E-state index contributed by atoms with van der Waals surface area (Å²) in [6.45, 7) is 0.491. The number of nitrogens with one attached hydrogen (secondary N) is 1. The molecule has 1 unspecified atom stereocenters. The summed E-state index contributed by atoms with van der Waals surface area (Å²) >= 11 is 11.8.